The molecule has 0 unspecified atom stereocenters. The van der Waals surface area contributed by atoms with Crippen molar-refractivity contribution < 1.29 is 5.11 Å². The number of benzene rings is 1. The summed E-state index contributed by atoms with van der Waals surface area (Å²) in [5.41, 5.74) is 2.28. The molecule has 0 saturated carbocycles. The summed E-state index contributed by atoms with van der Waals surface area (Å²) in [6.07, 6.45) is 7.48. The molecule has 0 bridgehead atoms. The van der Waals surface area contributed by atoms with Crippen molar-refractivity contribution in [3.05, 3.63) is 47.5 Å². The summed E-state index contributed by atoms with van der Waals surface area (Å²) in [5, 5.41) is 10.2. The van der Waals surface area contributed by atoms with Crippen LogP contribution in [0.2, 0.25) is 0 Å². The maximum atomic E-state index is 10.2. The van der Waals surface area contributed by atoms with E-state index in [4.69, 9.17) is 0 Å². The van der Waals surface area contributed by atoms with Crippen LogP contribution in [0.3, 0.4) is 0 Å². The number of rotatable bonds is 2. The van der Waals surface area contributed by atoms with Gasteiger partial charge in [0.25, 0.3) is 0 Å². The molecule has 0 spiro atoms. The zero-order valence-electron chi connectivity index (χ0n) is 9.19. The molecule has 80 valence electrons. The molecular weight excluding hydrogens is 184 g/mol. The number of aryl methyl sites for hydroxylation is 1. The van der Waals surface area contributed by atoms with Gasteiger partial charge < -0.3 is 5.11 Å². The summed E-state index contributed by atoms with van der Waals surface area (Å²) in [7, 11) is 0. The van der Waals surface area contributed by atoms with E-state index in [1.807, 2.05) is 12.1 Å². The number of hydrogen-bond acceptors (Lipinski definition) is 1. The molecule has 1 aliphatic rings. The van der Waals surface area contributed by atoms with Crippen molar-refractivity contribution in [1.82, 2.24) is 0 Å². The lowest BCUT2D eigenvalue weighted by Gasteiger charge is -2.22. The zero-order chi connectivity index (χ0) is 10.7. The number of aliphatic hydroxyl groups is 1. The van der Waals surface area contributed by atoms with Gasteiger partial charge in [-0.15, -0.1) is 0 Å². The molecule has 0 aliphatic heterocycles. The summed E-state index contributed by atoms with van der Waals surface area (Å²) in [5.74, 6) is 0.307. The fourth-order valence-corrected chi connectivity index (χ4v) is 2.11. The van der Waals surface area contributed by atoms with E-state index in [9.17, 15) is 5.11 Å². The lowest BCUT2D eigenvalue weighted by atomic mass is 9.87. The maximum Gasteiger partial charge on any atom is 0.0852 e. The molecule has 1 N–H and O–H groups in total. The van der Waals surface area contributed by atoms with Crippen LogP contribution in [0.1, 0.15) is 36.5 Å². The van der Waals surface area contributed by atoms with Crippen LogP contribution < -0.4 is 0 Å². The van der Waals surface area contributed by atoms with Gasteiger partial charge in [-0.3, -0.25) is 0 Å². The molecular formula is C14H18O. The Labute approximate surface area is 91.4 Å². The van der Waals surface area contributed by atoms with Crippen molar-refractivity contribution in [3.63, 3.8) is 0 Å². The fourth-order valence-electron chi connectivity index (χ4n) is 2.11. The molecule has 0 saturated heterocycles. The number of allylic oxidation sites excluding steroid dienone is 1. The molecule has 2 atom stereocenters. The lowest BCUT2D eigenvalue weighted by Crippen LogP contribution is -2.12. The van der Waals surface area contributed by atoms with Crippen LogP contribution in [-0.4, -0.2) is 5.11 Å². The first-order valence-electron chi connectivity index (χ1n) is 5.68. The Morgan fingerprint density at radius 3 is 2.60 bits per heavy atom. The Kier molecular flexibility index (Phi) is 3.22. The number of aliphatic hydroxyl groups excluding tert-OH is 1. The van der Waals surface area contributed by atoms with Crippen LogP contribution in [0.4, 0.5) is 0 Å². The highest BCUT2D eigenvalue weighted by Crippen LogP contribution is 2.30. The molecule has 0 aromatic heterocycles. The van der Waals surface area contributed by atoms with E-state index in [2.05, 4.69) is 31.2 Å². The second-order valence-electron chi connectivity index (χ2n) is 4.38. The molecule has 2 rings (SSSR count). The van der Waals surface area contributed by atoms with Crippen LogP contribution in [-0.2, 0) is 0 Å². The van der Waals surface area contributed by atoms with Crippen LogP contribution in [0.5, 0.6) is 0 Å². The molecule has 0 fully saturated rings. The van der Waals surface area contributed by atoms with Gasteiger partial charge in [-0.2, -0.15) is 0 Å². The Hall–Kier alpha value is -1.08. The normalized spacial score (nSPS) is 22.7. The highest BCUT2D eigenvalue weighted by Gasteiger charge is 2.19. The third kappa shape index (κ3) is 2.48. The fraction of sp³-hybridized carbons (Fsp3) is 0.429. The Morgan fingerprint density at radius 1 is 1.27 bits per heavy atom. The smallest absolute Gasteiger partial charge is 0.0852 e. The summed E-state index contributed by atoms with van der Waals surface area (Å²) in [4.78, 5) is 0. The molecule has 0 amide bonds. The average molecular weight is 202 g/mol. The minimum atomic E-state index is -0.331. The summed E-state index contributed by atoms with van der Waals surface area (Å²) in [6.45, 7) is 2.07. The minimum absolute atomic E-state index is 0.307. The van der Waals surface area contributed by atoms with E-state index in [0.717, 1.165) is 18.4 Å². The van der Waals surface area contributed by atoms with Crippen molar-refractivity contribution in [2.24, 2.45) is 5.92 Å². The quantitative estimate of drug-likeness (QED) is 0.729. The van der Waals surface area contributed by atoms with Gasteiger partial charge in [0.05, 0.1) is 6.10 Å². The van der Waals surface area contributed by atoms with Crippen molar-refractivity contribution in [1.29, 1.82) is 0 Å². The van der Waals surface area contributed by atoms with E-state index in [0.29, 0.717) is 5.92 Å². The second kappa shape index (κ2) is 4.63. The van der Waals surface area contributed by atoms with E-state index in [1.165, 1.54) is 12.0 Å². The predicted molar refractivity (Wildman–Crippen MR) is 62.6 cm³/mol. The number of hydrogen-bond donors (Lipinski definition) is 1. The van der Waals surface area contributed by atoms with E-state index >= 15 is 0 Å². The Balaban J connectivity index is 2.12. The summed E-state index contributed by atoms with van der Waals surface area (Å²) >= 11 is 0. The lowest BCUT2D eigenvalue weighted by molar-refractivity contribution is 0.123. The molecule has 1 aliphatic carbocycles. The van der Waals surface area contributed by atoms with Gasteiger partial charge in [-0.25, -0.2) is 0 Å². The molecule has 1 aromatic carbocycles. The third-order valence-electron chi connectivity index (χ3n) is 3.12. The predicted octanol–water partition coefficient (Wildman–Crippen LogP) is 3.38. The van der Waals surface area contributed by atoms with Crippen molar-refractivity contribution in [2.75, 3.05) is 0 Å². The van der Waals surface area contributed by atoms with Crippen LogP contribution in [0.15, 0.2) is 36.4 Å². The summed E-state index contributed by atoms with van der Waals surface area (Å²) in [6, 6.07) is 8.18. The van der Waals surface area contributed by atoms with Crippen molar-refractivity contribution in [3.8, 4) is 0 Å². The van der Waals surface area contributed by atoms with Crippen LogP contribution in [0.25, 0.3) is 0 Å². The van der Waals surface area contributed by atoms with Crippen molar-refractivity contribution in [2.45, 2.75) is 32.3 Å². The van der Waals surface area contributed by atoms with Crippen LogP contribution in [0, 0.1) is 12.8 Å². The van der Waals surface area contributed by atoms with Gasteiger partial charge in [0.15, 0.2) is 0 Å². The second-order valence-corrected chi connectivity index (χ2v) is 4.38. The molecule has 1 nitrogen and oxygen atoms in total. The summed E-state index contributed by atoms with van der Waals surface area (Å²) < 4.78 is 0. The molecule has 1 aromatic rings. The van der Waals surface area contributed by atoms with Gasteiger partial charge in [0, 0.05) is 5.92 Å². The van der Waals surface area contributed by atoms with Crippen LogP contribution >= 0.6 is 0 Å². The zero-order valence-corrected chi connectivity index (χ0v) is 9.19. The monoisotopic (exact) mass is 202 g/mol. The largest absolute Gasteiger partial charge is 0.388 e. The first-order valence-corrected chi connectivity index (χ1v) is 5.68. The van der Waals surface area contributed by atoms with Gasteiger partial charge in [0.1, 0.15) is 0 Å². The first kappa shape index (κ1) is 10.4. The van der Waals surface area contributed by atoms with Crippen molar-refractivity contribution >= 4 is 0 Å². The average Bonchev–Trinajstić information content (AvgIpc) is 2.30. The highest BCUT2D eigenvalue weighted by molar-refractivity contribution is 5.24. The standard InChI is InChI=1S/C14H18O/c1-11-7-9-13(10-8-11)14(15)12-5-3-2-4-6-12/h3,5,7-10,12,14-15H,2,4,6H2,1H3/t12-,14-/m0/s1. The minimum Gasteiger partial charge on any atom is -0.388 e. The first-order chi connectivity index (χ1) is 7.27. The van der Waals surface area contributed by atoms with Gasteiger partial charge in [0.2, 0.25) is 0 Å². The third-order valence-corrected chi connectivity index (χ3v) is 3.12. The Bertz CT molecular complexity index is 337. The molecule has 0 heterocycles. The van der Waals surface area contributed by atoms with Gasteiger partial charge >= 0.3 is 0 Å². The molecule has 15 heavy (non-hydrogen) atoms. The van der Waals surface area contributed by atoms with E-state index in [1.54, 1.807) is 0 Å². The van der Waals surface area contributed by atoms with E-state index < -0.39 is 0 Å². The SMILES string of the molecule is Cc1ccc([C@@H](O)[C@H]2C=CCCC2)cc1. The van der Waals surface area contributed by atoms with Gasteiger partial charge in [-0.1, -0.05) is 42.0 Å². The molecule has 0 radical (unpaired) electrons. The Morgan fingerprint density at radius 2 is 2.00 bits per heavy atom. The topological polar surface area (TPSA) is 20.2 Å². The highest BCUT2D eigenvalue weighted by atomic mass is 16.3. The maximum absolute atomic E-state index is 10.2. The van der Waals surface area contributed by atoms with E-state index in [-0.39, 0.29) is 6.10 Å². The van der Waals surface area contributed by atoms with Gasteiger partial charge in [-0.05, 0) is 31.7 Å². The molecule has 1 heteroatoms.